The highest BCUT2D eigenvalue weighted by Gasteiger charge is 2.08. The van der Waals surface area contributed by atoms with Crippen LogP contribution in [0, 0.1) is 11.7 Å². The summed E-state index contributed by atoms with van der Waals surface area (Å²) < 4.78 is 12.9. The first kappa shape index (κ1) is 14.5. The largest absolute Gasteiger partial charge is 0.387 e. The topological polar surface area (TPSA) is 32.3 Å². The average molecular weight is 257 g/mol. The van der Waals surface area contributed by atoms with Gasteiger partial charge in [0.05, 0.1) is 6.10 Å². The Labute approximate surface area is 107 Å². The molecule has 2 nitrogen and oxygen atoms in total. The Balaban J connectivity index is 2.32. The van der Waals surface area contributed by atoms with Crippen molar-refractivity contribution in [3.63, 3.8) is 0 Å². The highest BCUT2D eigenvalue weighted by atomic mass is 32.2. The van der Waals surface area contributed by atoms with Crippen LogP contribution in [0.4, 0.5) is 4.39 Å². The zero-order valence-corrected chi connectivity index (χ0v) is 11.1. The lowest BCUT2D eigenvalue weighted by atomic mass is 10.1. The average Bonchev–Trinajstić information content (AvgIpc) is 2.29. The minimum absolute atomic E-state index is 0.308. The van der Waals surface area contributed by atoms with E-state index in [1.165, 1.54) is 12.1 Å². The molecule has 4 heteroatoms. The molecule has 0 saturated heterocycles. The Morgan fingerprint density at radius 2 is 2.18 bits per heavy atom. The first-order valence-corrected chi connectivity index (χ1v) is 7.16. The summed E-state index contributed by atoms with van der Waals surface area (Å²) in [5, 5.41) is 13.1. The third-order valence-corrected chi connectivity index (χ3v) is 3.42. The maximum Gasteiger partial charge on any atom is 0.123 e. The summed E-state index contributed by atoms with van der Waals surface area (Å²) in [5.74, 6) is 1.37. The Bertz CT molecular complexity index is 335. The van der Waals surface area contributed by atoms with Crippen molar-refractivity contribution < 1.29 is 9.50 Å². The van der Waals surface area contributed by atoms with E-state index in [0.29, 0.717) is 18.0 Å². The molecule has 2 unspecified atom stereocenters. The Kier molecular flexibility index (Phi) is 6.55. The third kappa shape index (κ3) is 5.52. The van der Waals surface area contributed by atoms with Crippen molar-refractivity contribution in [3.05, 3.63) is 35.6 Å². The molecule has 0 heterocycles. The normalized spacial score (nSPS) is 14.6. The molecule has 0 saturated carbocycles. The summed E-state index contributed by atoms with van der Waals surface area (Å²) >= 11 is 1.81. The van der Waals surface area contributed by atoms with E-state index in [-0.39, 0.29) is 5.82 Å². The molecule has 1 rings (SSSR count). The van der Waals surface area contributed by atoms with Crippen LogP contribution in [-0.2, 0) is 0 Å². The summed E-state index contributed by atoms with van der Waals surface area (Å²) in [6, 6.07) is 6.10. The predicted molar refractivity (Wildman–Crippen MR) is 71.8 cm³/mol. The monoisotopic (exact) mass is 257 g/mol. The van der Waals surface area contributed by atoms with Gasteiger partial charge in [0.15, 0.2) is 0 Å². The molecule has 96 valence electrons. The molecule has 2 N–H and O–H groups in total. The predicted octanol–water partition coefficient (Wildman–Crippen LogP) is 2.45. The minimum atomic E-state index is -0.646. The number of aliphatic hydroxyl groups is 1. The minimum Gasteiger partial charge on any atom is -0.387 e. The van der Waals surface area contributed by atoms with E-state index in [1.54, 1.807) is 12.1 Å². The second-order valence-electron chi connectivity index (χ2n) is 4.29. The smallest absolute Gasteiger partial charge is 0.123 e. The molecule has 1 aromatic carbocycles. The van der Waals surface area contributed by atoms with Crippen LogP contribution in [-0.4, -0.2) is 30.2 Å². The number of nitrogens with one attached hydrogen (secondary N) is 1. The number of halogens is 1. The molecule has 1 aromatic rings. The lowest BCUT2D eigenvalue weighted by molar-refractivity contribution is 0.173. The molecule has 0 aliphatic rings. The van der Waals surface area contributed by atoms with Gasteiger partial charge in [-0.15, -0.1) is 0 Å². The highest BCUT2D eigenvalue weighted by molar-refractivity contribution is 7.98. The zero-order valence-electron chi connectivity index (χ0n) is 10.3. The van der Waals surface area contributed by atoms with Crippen LogP contribution in [0.2, 0.25) is 0 Å². The molecule has 0 amide bonds. The fraction of sp³-hybridized carbons (Fsp3) is 0.538. The maximum absolute atomic E-state index is 12.9. The molecule has 0 aromatic heterocycles. The van der Waals surface area contributed by atoms with Crippen LogP contribution < -0.4 is 5.32 Å². The van der Waals surface area contributed by atoms with E-state index in [9.17, 15) is 9.50 Å². The van der Waals surface area contributed by atoms with Crippen LogP contribution in [0.3, 0.4) is 0 Å². The fourth-order valence-electron chi connectivity index (χ4n) is 1.64. The van der Waals surface area contributed by atoms with Gasteiger partial charge in [0.25, 0.3) is 0 Å². The summed E-state index contributed by atoms with van der Waals surface area (Å²) in [5.41, 5.74) is 0.620. The third-order valence-electron chi connectivity index (χ3n) is 2.52. The van der Waals surface area contributed by atoms with E-state index >= 15 is 0 Å². The summed E-state index contributed by atoms with van der Waals surface area (Å²) in [6.07, 6.45) is 1.44. The number of rotatable bonds is 7. The molecular formula is C13H20FNOS. The second kappa shape index (κ2) is 7.69. The van der Waals surface area contributed by atoms with Crippen molar-refractivity contribution in [2.75, 3.05) is 25.1 Å². The van der Waals surface area contributed by atoms with E-state index in [0.717, 1.165) is 12.3 Å². The zero-order chi connectivity index (χ0) is 12.7. The lowest BCUT2D eigenvalue weighted by Gasteiger charge is -2.15. The molecule has 17 heavy (non-hydrogen) atoms. The molecule has 2 atom stereocenters. The van der Waals surface area contributed by atoms with Crippen LogP contribution >= 0.6 is 11.8 Å². The number of thioether (sulfide) groups is 1. The standard InChI is InChI=1S/C13H20FNOS/c1-10(9-17-2)7-15-8-13(16)11-4-3-5-12(14)6-11/h3-6,10,13,15-16H,7-9H2,1-2H3. The molecule has 0 aliphatic heterocycles. The quantitative estimate of drug-likeness (QED) is 0.787. The Hall–Kier alpha value is -0.580. The van der Waals surface area contributed by atoms with Crippen LogP contribution in [0.5, 0.6) is 0 Å². The number of aliphatic hydroxyl groups excluding tert-OH is 1. The maximum atomic E-state index is 12.9. The molecule has 0 fully saturated rings. The van der Waals surface area contributed by atoms with Gasteiger partial charge < -0.3 is 10.4 Å². The summed E-state index contributed by atoms with van der Waals surface area (Å²) in [7, 11) is 0. The van der Waals surface area contributed by atoms with Crippen LogP contribution in [0.25, 0.3) is 0 Å². The van der Waals surface area contributed by atoms with Gasteiger partial charge in [0.2, 0.25) is 0 Å². The van der Waals surface area contributed by atoms with Gasteiger partial charge in [0, 0.05) is 6.54 Å². The lowest BCUT2D eigenvalue weighted by Crippen LogP contribution is -2.27. The first-order valence-electron chi connectivity index (χ1n) is 5.76. The number of benzene rings is 1. The molecule has 0 radical (unpaired) electrons. The first-order chi connectivity index (χ1) is 8.13. The van der Waals surface area contributed by atoms with Crippen LogP contribution in [0.15, 0.2) is 24.3 Å². The molecule has 0 aliphatic carbocycles. The van der Waals surface area contributed by atoms with Crippen molar-refractivity contribution >= 4 is 11.8 Å². The van der Waals surface area contributed by atoms with E-state index in [2.05, 4.69) is 18.5 Å². The fourth-order valence-corrected chi connectivity index (χ4v) is 2.33. The number of hydrogen-bond donors (Lipinski definition) is 2. The van der Waals surface area contributed by atoms with Gasteiger partial charge in [-0.05, 0) is 42.2 Å². The van der Waals surface area contributed by atoms with Crippen molar-refractivity contribution in [2.45, 2.75) is 13.0 Å². The van der Waals surface area contributed by atoms with Crippen molar-refractivity contribution in [3.8, 4) is 0 Å². The van der Waals surface area contributed by atoms with Gasteiger partial charge >= 0.3 is 0 Å². The van der Waals surface area contributed by atoms with Crippen molar-refractivity contribution in [1.82, 2.24) is 5.32 Å². The SMILES string of the molecule is CSCC(C)CNCC(O)c1cccc(F)c1. The highest BCUT2D eigenvalue weighted by Crippen LogP contribution is 2.13. The van der Waals surface area contributed by atoms with E-state index in [1.807, 2.05) is 11.8 Å². The van der Waals surface area contributed by atoms with Gasteiger partial charge in [0.1, 0.15) is 5.82 Å². The van der Waals surface area contributed by atoms with Gasteiger partial charge in [-0.2, -0.15) is 11.8 Å². The number of hydrogen-bond acceptors (Lipinski definition) is 3. The van der Waals surface area contributed by atoms with E-state index < -0.39 is 6.10 Å². The van der Waals surface area contributed by atoms with E-state index in [4.69, 9.17) is 0 Å². The molecule has 0 spiro atoms. The van der Waals surface area contributed by atoms with Crippen LogP contribution in [0.1, 0.15) is 18.6 Å². The molecular weight excluding hydrogens is 237 g/mol. The summed E-state index contributed by atoms with van der Waals surface area (Å²) in [4.78, 5) is 0. The van der Waals surface area contributed by atoms with Crippen molar-refractivity contribution in [1.29, 1.82) is 0 Å². The summed E-state index contributed by atoms with van der Waals surface area (Å²) in [6.45, 7) is 3.49. The Morgan fingerprint density at radius 3 is 2.82 bits per heavy atom. The Morgan fingerprint density at radius 1 is 1.41 bits per heavy atom. The van der Waals surface area contributed by atoms with Gasteiger partial charge in [-0.1, -0.05) is 19.1 Å². The second-order valence-corrected chi connectivity index (χ2v) is 5.20. The van der Waals surface area contributed by atoms with Gasteiger partial charge in [-0.25, -0.2) is 4.39 Å². The van der Waals surface area contributed by atoms with Crippen molar-refractivity contribution in [2.24, 2.45) is 5.92 Å². The van der Waals surface area contributed by atoms with Gasteiger partial charge in [-0.3, -0.25) is 0 Å². The molecule has 0 bridgehead atoms.